The van der Waals surface area contributed by atoms with Crippen molar-refractivity contribution < 1.29 is 8.42 Å². The largest absolute Gasteiger partial charge is 0.258 e. The molecule has 14 heavy (non-hydrogen) atoms. The van der Waals surface area contributed by atoms with Crippen LogP contribution in [-0.2, 0) is 15.5 Å². The van der Waals surface area contributed by atoms with E-state index in [1.807, 2.05) is 24.3 Å². The van der Waals surface area contributed by atoms with Crippen molar-refractivity contribution in [3.8, 4) is 0 Å². The van der Waals surface area contributed by atoms with Gasteiger partial charge in [-0.05, 0) is 23.6 Å². The molecule has 0 atom stereocenters. The molecule has 0 heterocycles. The number of allylic oxidation sites excluding steroid dienone is 2. The Hall–Kier alpha value is -0.800. The third-order valence-electron chi connectivity index (χ3n) is 2.48. The molecule has 0 aliphatic heterocycles. The van der Waals surface area contributed by atoms with Gasteiger partial charge in [0.1, 0.15) is 0 Å². The quantitative estimate of drug-likeness (QED) is 0.693. The molecule has 1 aromatic carbocycles. The van der Waals surface area contributed by atoms with Crippen LogP contribution in [0, 0.1) is 0 Å². The van der Waals surface area contributed by atoms with E-state index >= 15 is 0 Å². The lowest BCUT2D eigenvalue weighted by Crippen LogP contribution is -1.95. The minimum absolute atomic E-state index is 0.334. The first-order valence-electron chi connectivity index (χ1n) is 4.23. The highest BCUT2D eigenvalue weighted by molar-refractivity contribution is 8.17. The van der Waals surface area contributed by atoms with Crippen molar-refractivity contribution in [2.75, 3.05) is 0 Å². The molecular formula is C10H9ClO2S. The summed E-state index contributed by atoms with van der Waals surface area (Å²) in [7, 11) is 1.77. The monoisotopic (exact) mass is 228 g/mol. The summed E-state index contributed by atoms with van der Waals surface area (Å²) in [6, 6.07) is 7.63. The maximum absolute atomic E-state index is 11.2. The summed E-state index contributed by atoms with van der Waals surface area (Å²) in [4.78, 5) is 0.334. The lowest BCUT2D eigenvalue weighted by atomic mass is 10.1. The molecule has 0 saturated carbocycles. The van der Waals surface area contributed by atoms with Gasteiger partial charge >= 0.3 is 0 Å². The Morgan fingerprint density at radius 2 is 1.93 bits per heavy atom. The average molecular weight is 229 g/mol. The molecule has 1 aliphatic carbocycles. The smallest absolute Gasteiger partial charge is 0.207 e. The molecule has 4 heteroatoms. The maximum Gasteiger partial charge on any atom is 0.258 e. The van der Waals surface area contributed by atoms with Gasteiger partial charge in [0.2, 0.25) is 0 Å². The van der Waals surface area contributed by atoms with Crippen LogP contribution in [0.3, 0.4) is 0 Å². The number of benzene rings is 1. The first-order chi connectivity index (χ1) is 6.50. The molecule has 0 spiro atoms. The molecule has 1 aromatic rings. The number of hydrogen-bond acceptors (Lipinski definition) is 2. The summed E-state index contributed by atoms with van der Waals surface area (Å²) in [5.74, 6) is 0. The lowest BCUT2D eigenvalue weighted by molar-refractivity contribution is 0.614. The Bertz CT molecular complexity index is 515. The summed E-state index contributed by atoms with van der Waals surface area (Å²) in [5, 5.41) is 0. The molecule has 0 unspecified atom stereocenters. The van der Waals surface area contributed by atoms with Crippen molar-refractivity contribution in [1.82, 2.24) is 0 Å². The van der Waals surface area contributed by atoms with Crippen molar-refractivity contribution >= 4 is 25.3 Å². The van der Waals surface area contributed by atoms with E-state index in [1.54, 1.807) is 6.92 Å². The van der Waals surface area contributed by atoms with Crippen molar-refractivity contribution in [3.63, 3.8) is 0 Å². The molecule has 74 valence electrons. The molecule has 0 saturated heterocycles. The van der Waals surface area contributed by atoms with E-state index in [2.05, 4.69) is 0 Å². The Balaban J connectivity index is 2.61. The van der Waals surface area contributed by atoms with Crippen LogP contribution in [0.2, 0.25) is 0 Å². The van der Waals surface area contributed by atoms with Crippen molar-refractivity contribution in [2.24, 2.45) is 0 Å². The zero-order valence-corrected chi connectivity index (χ0v) is 9.19. The van der Waals surface area contributed by atoms with E-state index in [-0.39, 0.29) is 0 Å². The normalized spacial score (nSPS) is 15.9. The van der Waals surface area contributed by atoms with E-state index in [1.165, 1.54) is 0 Å². The number of halogens is 1. The van der Waals surface area contributed by atoms with Gasteiger partial charge in [0.15, 0.2) is 0 Å². The maximum atomic E-state index is 11.2. The van der Waals surface area contributed by atoms with E-state index in [9.17, 15) is 8.42 Å². The third-order valence-corrected chi connectivity index (χ3v) is 4.08. The summed E-state index contributed by atoms with van der Waals surface area (Å²) in [5.41, 5.74) is 2.80. The minimum Gasteiger partial charge on any atom is -0.207 e. The van der Waals surface area contributed by atoms with E-state index in [0.717, 1.165) is 16.7 Å². The first kappa shape index (κ1) is 9.74. The molecule has 1 aliphatic rings. The second-order valence-electron chi connectivity index (χ2n) is 3.32. The van der Waals surface area contributed by atoms with Crippen LogP contribution in [-0.4, -0.2) is 8.42 Å². The highest BCUT2D eigenvalue weighted by Gasteiger charge is 2.25. The van der Waals surface area contributed by atoms with Gasteiger partial charge in [0.05, 0.1) is 4.91 Å². The van der Waals surface area contributed by atoms with Crippen molar-refractivity contribution in [3.05, 3.63) is 40.3 Å². The number of fused-ring (bicyclic) bond motifs is 1. The van der Waals surface area contributed by atoms with Gasteiger partial charge in [-0.25, -0.2) is 8.42 Å². The van der Waals surface area contributed by atoms with Gasteiger partial charge in [-0.3, -0.25) is 0 Å². The van der Waals surface area contributed by atoms with Crippen LogP contribution in [0.4, 0.5) is 0 Å². The van der Waals surface area contributed by atoms with Crippen LogP contribution < -0.4 is 0 Å². The highest BCUT2D eigenvalue weighted by atomic mass is 35.7. The second-order valence-corrected chi connectivity index (χ2v) is 5.91. The van der Waals surface area contributed by atoms with E-state index < -0.39 is 9.05 Å². The Morgan fingerprint density at radius 1 is 1.29 bits per heavy atom. The van der Waals surface area contributed by atoms with Gasteiger partial charge in [-0.1, -0.05) is 24.3 Å². The zero-order valence-electron chi connectivity index (χ0n) is 7.62. The summed E-state index contributed by atoms with van der Waals surface area (Å²) in [6.45, 7) is 1.79. The van der Waals surface area contributed by atoms with Gasteiger partial charge < -0.3 is 0 Å². The van der Waals surface area contributed by atoms with Crippen molar-refractivity contribution in [1.29, 1.82) is 0 Å². The van der Waals surface area contributed by atoms with E-state index in [4.69, 9.17) is 10.7 Å². The summed E-state index contributed by atoms with van der Waals surface area (Å²) < 4.78 is 22.4. The summed E-state index contributed by atoms with van der Waals surface area (Å²) >= 11 is 0. The number of rotatable bonds is 1. The lowest BCUT2D eigenvalue weighted by Gasteiger charge is -1.97. The fraction of sp³-hybridized carbons (Fsp3) is 0.200. The number of hydrogen-bond donors (Lipinski definition) is 0. The van der Waals surface area contributed by atoms with Crippen LogP contribution in [0.5, 0.6) is 0 Å². The molecule has 0 N–H and O–H groups in total. The Morgan fingerprint density at radius 3 is 2.50 bits per heavy atom. The standard InChI is InChI=1S/C10H9ClO2S/c1-7-9-5-3-2-4-8(9)6-10(7)14(11,12)13/h2-5H,6H2,1H3. The zero-order chi connectivity index (χ0) is 10.3. The Labute approximate surface area is 87.6 Å². The van der Waals surface area contributed by atoms with Gasteiger partial charge in [0.25, 0.3) is 9.05 Å². The van der Waals surface area contributed by atoms with Gasteiger partial charge in [-0.2, -0.15) is 0 Å². The molecule has 0 aromatic heterocycles. The fourth-order valence-electron chi connectivity index (χ4n) is 1.77. The average Bonchev–Trinajstić information content (AvgIpc) is 2.44. The molecule has 0 bridgehead atoms. The topological polar surface area (TPSA) is 34.1 Å². The first-order valence-corrected chi connectivity index (χ1v) is 6.54. The summed E-state index contributed by atoms with van der Waals surface area (Å²) in [6.07, 6.45) is 0.424. The molecule has 0 amide bonds. The van der Waals surface area contributed by atoms with Crippen molar-refractivity contribution in [2.45, 2.75) is 13.3 Å². The Kier molecular flexibility index (Phi) is 2.16. The molecule has 2 rings (SSSR count). The van der Waals surface area contributed by atoms with Crippen LogP contribution in [0.25, 0.3) is 5.57 Å². The SMILES string of the molecule is CC1=C(S(=O)(=O)Cl)Cc2ccccc21. The van der Waals surface area contributed by atoms with Crippen LogP contribution in [0.15, 0.2) is 29.2 Å². The van der Waals surface area contributed by atoms with Gasteiger partial charge in [0, 0.05) is 17.1 Å². The second kappa shape index (κ2) is 3.11. The fourth-order valence-corrected chi connectivity index (χ4v) is 3.08. The third kappa shape index (κ3) is 1.47. The highest BCUT2D eigenvalue weighted by Crippen LogP contribution is 2.36. The minimum atomic E-state index is -3.57. The van der Waals surface area contributed by atoms with Gasteiger partial charge in [-0.15, -0.1) is 0 Å². The predicted octanol–water partition coefficient (Wildman–Crippen LogP) is 2.54. The van der Waals surface area contributed by atoms with E-state index in [0.29, 0.717) is 11.3 Å². The molecule has 0 fully saturated rings. The molecule has 2 nitrogen and oxygen atoms in total. The van der Waals surface area contributed by atoms with Crippen LogP contribution in [0.1, 0.15) is 18.1 Å². The molecular weight excluding hydrogens is 220 g/mol. The molecule has 0 radical (unpaired) electrons. The van der Waals surface area contributed by atoms with Crippen LogP contribution >= 0.6 is 10.7 Å². The predicted molar refractivity (Wildman–Crippen MR) is 57.5 cm³/mol.